The number of benzene rings is 2. The Morgan fingerprint density at radius 2 is 1.70 bits per heavy atom. The van der Waals surface area contributed by atoms with Gasteiger partial charge in [0.15, 0.2) is 0 Å². The van der Waals surface area contributed by atoms with E-state index in [0.717, 1.165) is 16.9 Å². The van der Waals surface area contributed by atoms with Crippen LogP contribution >= 0.6 is 0 Å². The third-order valence-electron chi connectivity index (χ3n) is 3.99. The van der Waals surface area contributed by atoms with Gasteiger partial charge in [-0.15, -0.1) is 0 Å². The highest BCUT2D eigenvalue weighted by atomic mass is 16.6. The highest BCUT2D eigenvalue weighted by Gasteiger charge is 2.21. The molecule has 2 rings (SSSR count). The normalized spacial score (nSPS) is 12.3. The average molecular weight is 371 g/mol. The van der Waals surface area contributed by atoms with Crippen LogP contribution in [0.4, 0.5) is 4.79 Å². The number of ether oxygens (including phenoxy) is 2. The summed E-state index contributed by atoms with van der Waals surface area (Å²) in [5.74, 6) is 0.723. The molecule has 0 aromatic heterocycles. The number of rotatable bonds is 7. The third-order valence-corrected chi connectivity index (χ3v) is 3.99. The summed E-state index contributed by atoms with van der Waals surface area (Å²) in [6.07, 6.45) is 0.0827. The van der Waals surface area contributed by atoms with Gasteiger partial charge in [-0.05, 0) is 44.0 Å². The lowest BCUT2D eigenvalue weighted by Crippen LogP contribution is -2.35. The van der Waals surface area contributed by atoms with Crippen LogP contribution in [0.3, 0.4) is 0 Å². The second-order valence-corrected chi connectivity index (χ2v) is 7.51. The van der Waals surface area contributed by atoms with Gasteiger partial charge in [-0.1, -0.05) is 42.5 Å². The van der Waals surface area contributed by atoms with Crippen molar-refractivity contribution in [2.24, 2.45) is 0 Å². The van der Waals surface area contributed by atoms with Crippen LogP contribution in [0, 0.1) is 0 Å². The van der Waals surface area contributed by atoms with E-state index in [9.17, 15) is 9.90 Å². The standard InChI is InChI=1S/C22H29NO4/c1-22(2,3)27-21(25)23(4)15-14-20(18-8-6-5-7-9-18)26-19-12-10-17(16-24)11-13-19/h5-13,20,24H,14-16H2,1-4H3. The Balaban J connectivity index is 2.05. The average Bonchev–Trinajstić information content (AvgIpc) is 2.64. The molecule has 0 spiro atoms. The molecule has 5 heteroatoms. The largest absolute Gasteiger partial charge is 0.486 e. The van der Waals surface area contributed by atoms with Crippen LogP contribution in [-0.2, 0) is 11.3 Å². The lowest BCUT2D eigenvalue weighted by molar-refractivity contribution is 0.0278. The molecule has 1 amide bonds. The van der Waals surface area contributed by atoms with Crippen molar-refractivity contribution >= 4 is 6.09 Å². The van der Waals surface area contributed by atoms with Gasteiger partial charge in [0.25, 0.3) is 0 Å². The van der Waals surface area contributed by atoms with Crippen LogP contribution in [-0.4, -0.2) is 35.3 Å². The van der Waals surface area contributed by atoms with Gasteiger partial charge in [-0.25, -0.2) is 4.79 Å². The third kappa shape index (κ3) is 6.94. The Morgan fingerprint density at radius 3 is 2.26 bits per heavy atom. The highest BCUT2D eigenvalue weighted by Crippen LogP contribution is 2.25. The first-order valence-corrected chi connectivity index (χ1v) is 9.14. The van der Waals surface area contributed by atoms with Crippen molar-refractivity contribution in [2.75, 3.05) is 13.6 Å². The fourth-order valence-electron chi connectivity index (χ4n) is 2.54. The minimum absolute atomic E-state index is 0.00305. The van der Waals surface area contributed by atoms with E-state index in [-0.39, 0.29) is 18.8 Å². The molecule has 0 bridgehead atoms. The zero-order valence-electron chi connectivity index (χ0n) is 16.5. The van der Waals surface area contributed by atoms with Gasteiger partial charge in [0, 0.05) is 20.0 Å². The molecular weight excluding hydrogens is 342 g/mol. The molecule has 1 N–H and O–H groups in total. The number of carbonyl (C=O) groups is 1. The Morgan fingerprint density at radius 1 is 1.07 bits per heavy atom. The molecule has 1 atom stereocenters. The molecule has 0 fully saturated rings. The van der Waals surface area contributed by atoms with Crippen molar-refractivity contribution in [3.05, 3.63) is 65.7 Å². The molecule has 0 radical (unpaired) electrons. The quantitative estimate of drug-likeness (QED) is 0.775. The van der Waals surface area contributed by atoms with Crippen molar-refractivity contribution in [1.29, 1.82) is 0 Å². The van der Waals surface area contributed by atoms with Crippen molar-refractivity contribution in [1.82, 2.24) is 4.90 Å². The smallest absolute Gasteiger partial charge is 0.410 e. The summed E-state index contributed by atoms with van der Waals surface area (Å²) in [6, 6.07) is 17.3. The summed E-state index contributed by atoms with van der Waals surface area (Å²) in [5.41, 5.74) is 1.36. The summed E-state index contributed by atoms with van der Waals surface area (Å²) in [7, 11) is 1.73. The molecule has 1 unspecified atom stereocenters. The number of hydrogen-bond acceptors (Lipinski definition) is 4. The first kappa shape index (κ1) is 20.8. The first-order chi connectivity index (χ1) is 12.8. The second-order valence-electron chi connectivity index (χ2n) is 7.51. The van der Waals surface area contributed by atoms with Crippen LogP contribution in [0.2, 0.25) is 0 Å². The van der Waals surface area contributed by atoms with E-state index in [0.29, 0.717) is 13.0 Å². The van der Waals surface area contributed by atoms with Gasteiger partial charge >= 0.3 is 6.09 Å². The fourth-order valence-corrected chi connectivity index (χ4v) is 2.54. The maximum absolute atomic E-state index is 12.2. The van der Waals surface area contributed by atoms with Gasteiger partial charge in [-0.3, -0.25) is 0 Å². The van der Waals surface area contributed by atoms with E-state index >= 15 is 0 Å². The van der Waals surface area contributed by atoms with Crippen LogP contribution in [0.15, 0.2) is 54.6 Å². The van der Waals surface area contributed by atoms with Crippen molar-refractivity contribution in [3.63, 3.8) is 0 Å². The van der Waals surface area contributed by atoms with Gasteiger partial charge in [0.1, 0.15) is 17.5 Å². The molecule has 0 aliphatic carbocycles. The van der Waals surface area contributed by atoms with E-state index in [1.807, 2.05) is 75.4 Å². The Labute approximate surface area is 161 Å². The highest BCUT2D eigenvalue weighted by molar-refractivity contribution is 5.67. The lowest BCUT2D eigenvalue weighted by atomic mass is 10.1. The number of amides is 1. The minimum Gasteiger partial charge on any atom is -0.486 e. The lowest BCUT2D eigenvalue weighted by Gasteiger charge is -2.26. The summed E-state index contributed by atoms with van der Waals surface area (Å²) >= 11 is 0. The minimum atomic E-state index is -0.519. The monoisotopic (exact) mass is 371 g/mol. The van der Waals surface area contributed by atoms with E-state index in [2.05, 4.69) is 0 Å². The zero-order valence-corrected chi connectivity index (χ0v) is 16.5. The van der Waals surface area contributed by atoms with E-state index in [4.69, 9.17) is 9.47 Å². The van der Waals surface area contributed by atoms with E-state index in [1.54, 1.807) is 11.9 Å². The van der Waals surface area contributed by atoms with Crippen molar-refractivity contribution in [2.45, 2.75) is 45.5 Å². The molecular formula is C22H29NO4. The summed E-state index contributed by atoms with van der Waals surface area (Å²) < 4.78 is 11.6. The summed E-state index contributed by atoms with van der Waals surface area (Å²) in [4.78, 5) is 13.7. The van der Waals surface area contributed by atoms with Crippen molar-refractivity contribution in [3.8, 4) is 5.75 Å². The van der Waals surface area contributed by atoms with Gasteiger partial charge in [0.2, 0.25) is 0 Å². The molecule has 0 heterocycles. The van der Waals surface area contributed by atoms with Crippen LogP contribution in [0.5, 0.6) is 5.75 Å². The number of aliphatic hydroxyl groups excluding tert-OH is 1. The van der Waals surface area contributed by atoms with Gasteiger partial charge in [0.05, 0.1) is 6.61 Å². The first-order valence-electron chi connectivity index (χ1n) is 9.14. The Hall–Kier alpha value is -2.53. The number of carbonyl (C=O) groups excluding carboxylic acids is 1. The molecule has 0 saturated carbocycles. The van der Waals surface area contributed by atoms with Gasteiger partial charge in [-0.2, -0.15) is 0 Å². The van der Waals surface area contributed by atoms with Crippen LogP contribution in [0.25, 0.3) is 0 Å². The molecule has 5 nitrogen and oxygen atoms in total. The van der Waals surface area contributed by atoms with E-state index in [1.165, 1.54) is 0 Å². The van der Waals surface area contributed by atoms with Gasteiger partial charge < -0.3 is 19.5 Å². The molecule has 2 aromatic carbocycles. The van der Waals surface area contributed by atoms with Crippen molar-refractivity contribution < 1.29 is 19.4 Å². The molecule has 27 heavy (non-hydrogen) atoms. The van der Waals surface area contributed by atoms with E-state index < -0.39 is 5.60 Å². The molecule has 0 saturated heterocycles. The Bertz CT molecular complexity index is 707. The predicted octanol–water partition coefficient (Wildman–Crippen LogP) is 4.56. The maximum Gasteiger partial charge on any atom is 0.410 e. The number of aliphatic hydroxyl groups is 1. The fraction of sp³-hybridized carbons (Fsp3) is 0.409. The summed E-state index contributed by atoms with van der Waals surface area (Å²) in [6.45, 7) is 6.06. The maximum atomic E-state index is 12.2. The predicted molar refractivity (Wildman–Crippen MR) is 106 cm³/mol. The molecule has 2 aromatic rings. The molecule has 0 aliphatic rings. The number of nitrogens with zero attached hydrogens (tertiary/aromatic N) is 1. The van der Waals surface area contributed by atoms with Crippen LogP contribution in [0.1, 0.15) is 44.4 Å². The van der Waals surface area contributed by atoms with Crippen LogP contribution < -0.4 is 4.74 Å². The molecule has 0 aliphatic heterocycles. The Kier molecular flexibility index (Phi) is 7.25. The summed E-state index contributed by atoms with van der Waals surface area (Å²) in [5, 5.41) is 9.18. The zero-order chi connectivity index (χ0) is 19.9. The topological polar surface area (TPSA) is 59.0 Å². The number of hydrogen-bond donors (Lipinski definition) is 1. The SMILES string of the molecule is CN(CCC(Oc1ccc(CO)cc1)c1ccccc1)C(=O)OC(C)(C)C. The second kappa shape index (κ2) is 9.42. The molecule has 146 valence electrons.